The van der Waals surface area contributed by atoms with Crippen LogP contribution >= 0.6 is 0 Å². The molecule has 0 N–H and O–H groups in total. The van der Waals surface area contributed by atoms with Gasteiger partial charge in [-0.15, -0.1) is 0 Å². The highest BCUT2D eigenvalue weighted by atomic mass is 16.2. The van der Waals surface area contributed by atoms with Crippen LogP contribution in [-0.4, -0.2) is 10.8 Å². The van der Waals surface area contributed by atoms with E-state index in [2.05, 4.69) is 45.0 Å². The van der Waals surface area contributed by atoms with E-state index in [0.29, 0.717) is 19.5 Å². The lowest BCUT2D eigenvalue weighted by molar-refractivity contribution is -0.133. The van der Waals surface area contributed by atoms with Gasteiger partial charge in [-0.2, -0.15) is 0 Å². The van der Waals surface area contributed by atoms with E-state index < -0.39 is 0 Å². The zero-order chi connectivity index (χ0) is 16.7. The van der Waals surface area contributed by atoms with Crippen LogP contribution < -0.4 is 0 Å². The van der Waals surface area contributed by atoms with Gasteiger partial charge in [0, 0.05) is 19.5 Å². The molecule has 23 heavy (non-hydrogen) atoms. The summed E-state index contributed by atoms with van der Waals surface area (Å²) >= 11 is 0. The Morgan fingerprint density at radius 2 is 1.26 bits per heavy atom. The summed E-state index contributed by atoms with van der Waals surface area (Å²) in [5.74, 6) is 0.229. The van der Waals surface area contributed by atoms with Crippen molar-refractivity contribution in [1.29, 1.82) is 0 Å². The summed E-state index contributed by atoms with van der Waals surface area (Å²) in [7, 11) is 0. The van der Waals surface area contributed by atoms with Crippen molar-refractivity contribution in [1.82, 2.24) is 4.90 Å². The molecule has 0 radical (unpaired) electrons. The molecule has 0 saturated carbocycles. The Hall–Kier alpha value is -2.09. The Kier molecular flexibility index (Phi) is 5.97. The molecular weight excluding hydrogens is 282 g/mol. The van der Waals surface area contributed by atoms with E-state index in [9.17, 15) is 4.79 Å². The minimum Gasteiger partial charge on any atom is -0.334 e. The highest BCUT2D eigenvalue weighted by molar-refractivity contribution is 5.76. The summed E-state index contributed by atoms with van der Waals surface area (Å²) in [6, 6.07) is 20.4. The van der Waals surface area contributed by atoms with Crippen molar-refractivity contribution >= 4 is 5.91 Å². The average Bonchev–Trinajstić information content (AvgIpc) is 2.53. The van der Waals surface area contributed by atoms with Crippen molar-refractivity contribution < 1.29 is 4.79 Å². The van der Waals surface area contributed by atoms with Gasteiger partial charge in [-0.05, 0) is 23.0 Å². The minimum atomic E-state index is 0.181. The van der Waals surface area contributed by atoms with E-state index in [0.717, 1.165) is 6.42 Å². The van der Waals surface area contributed by atoms with E-state index in [4.69, 9.17) is 0 Å². The average molecular weight is 309 g/mol. The van der Waals surface area contributed by atoms with Crippen molar-refractivity contribution in [3.8, 4) is 0 Å². The van der Waals surface area contributed by atoms with Crippen molar-refractivity contribution in [2.75, 3.05) is 0 Å². The van der Waals surface area contributed by atoms with Crippen LogP contribution in [0.2, 0.25) is 0 Å². The molecule has 0 spiro atoms. The first kappa shape index (κ1) is 17.3. The third-order valence-corrected chi connectivity index (χ3v) is 3.87. The molecule has 0 atom stereocenters. The molecule has 0 aliphatic carbocycles. The predicted molar refractivity (Wildman–Crippen MR) is 95.8 cm³/mol. The maximum absolute atomic E-state index is 12.7. The van der Waals surface area contributed by atoms with Gasteiger partial charge in [0.2, 0.25) is 5.91 Å². The topological polar surface area (TPSA) is 20.3 Å². The summed E-state index contributed by atoms with van der Waals surface area (Å²) in [4.78, 5) is 14.7. The van der Waals surface area contributed by atoms with Crippen LogP contribution in [-0.2, 0) is 17.9 Å². The lowest BCUT2D eigenvalue weighted by atomic mass is 9.90. The lowest BCUT2D eigenvalue weighted by Crippen LogP contribution is -2.30. The van der Waals surface area contributed by atoms with Gasteiger partial charge in [0.1, 0.15) is 0 Å². The van der Waals surface area contributed by atoms with Crippen LogP contribution in [0.3, 0.4) is 0 Å². The highest BCUT2D eigenvalue weighted by Crippen LogP contribution is 2.22. The van der Waals surface area contributed by atoms with Crippen LogP contribution in [0.4, 0.5) is 0 Å². The van der Waals surface area contributed by atoms with Gasteiger partial charge < -0.3 is 4.90 Å². The molecule has 2 aromatic rings. The van der Waals surface area contributed by atoms with Gasteiger partial charge in [-0.25, -0.2) is 0 Å². The summed E-state index contributed by atoms with van der Waals surface area (Å²) in [5.41, 5.74) is 2.53. The zero-order valence-electron chi connectivity index (χ0n) is 14.5. The summed E-state index contributed by atoms with van der Waals surface area (Å²) in [6.07, 6.45) is 1.51. The van der Waals surface area contributed by atoms with Crippen LogP contribution in [0, 0.1) is 5.41 Å². The molecule has 1 amide bonds. The molecule has 0 aliphatic heterocycles. The van der Waals surface area contributed by atoms with Gasteiger partial charge in [0.15, 0.2) is 0 Å². The number of benzene rings is 2. The third kappa shape index (κ3) is 6.27. The van der Waals surface area contributed by atoms with E-state index in [1.54, 1.807) is 0 Å². The SMILES string of the molecule is CC(C)(C)CCC(=O)N(Cc1ccccc1)Cc1ccccc1. The standard InChI is InChI=1S/C21H27NO/c1-21(2,3)15-14-20(23)22(16-18-10-6-4-7-11-18)17-19-12-8-5-9-13-19/h4-13H,14-17H2,1-3H3. The molecule has 122 valence electrons. The third-order valence-electron chi connectivity index (χ3n) is 3.87. The predicted octanol–water partition coefficient (Wildman–Crippen LogP) is 5.04. The van der Waals surface area contributed by atoms with Crippen molar-refractivity contribution in [2.45, 2.75) is 46.7 Å². The van der Waals surface area contributed by atoms with E-state index in [1.807, 2.05) is 41.3 Å². The first-order valence-electron chi connectivity index (χ1n) is 8.30. The Bertz CT molecular complexity index is 557. The van der Waals surface area contributed by atoms with Crippen LogP contribution in [0.5, 0.6) is 0 Å². The molecule has 0 aliphatic rings. The fourth-order valence-corrected chi connectivity index (χ4v) is 2.48. The second-order valence-electron chi connectivity index (χ2n) is 7.28. The maximum atomic E-state index is 12.7. The second kappa shape index (κ2) is 7.96. The normalized spacial score (nSPS) is 11.3. The van der Waals surface area contributed by atoms with Gasteiger partial charge in [0.25, 0.3) is 0 Å². The van der Waals surface area contributed by atoms with Crippen molar-refractivity contribution in [3.05, 3.63) is 71.8 Å². The first-order valence-corrected chi connectivity index (χ1v) is 8.30. The Labute approximate surface area is 140 Å². The molecule has 0 saturated heterocycles. The van der Waals surface area contributed by atoms with Gasteiger partial charge >= 0.3 is 0 Å². The van der Waals surface area contributed by atoms with E-state index in [1.165, 1.54) is 11.1 Å². The largest absolute Gasteiger partial charge is 0.334 e. The molecule has 2 aromatic carbocycles. The van der Waals surface area contributed by atoms with E-state index in [-0.39, 0.29) is 11.3 Å². The number of rotatable bonds is 6. The second-order valence-corrected chi connectivity index (χ2v) is 7.28. The van der Waals surface area contributed by atoms with Gasteiger partial charge in [-0.3, -0.25) is 4.79 Å². The summed E-state index contributed by atoms with van der Waals surface area (Å²) in [6.45, 7) is 7.87. The van der Waals surface area contributed by atoms with Crippen LogP contribution in [0.15, 0.2) is 60.7 Å². The maximum Gasteiger partial charge on any atom is 0.223 e. The molecular formula is C21H27NO. The number of carbonyl (C=O) groups excluding carboxylic acids is 1. The Balaban J connectivity index is 2.08. The monoisotopic (exact) mass is 309 g/mol. The highest BCUT2D eigenvalue weighted by Gasteiger charge is 2.18. The minimum absolute atomic E-state index is 0.181. The first-order chi connectivity index (χ1) is 10.9. The number of hydrogen-bond donors (Lipinski definition) is 0. The number of carbonyl (C=O) groups is 1. The molecule has 0 aromatic heterocycles. The Morgan fingerprint density at radius 1 is 0.826 bits per heavy atom. The zero-order valence-corrected chi connectivity index (χ0v) is 14.5. The summed E-state index contributed by atoms with van der Waals surface area (Å²) in [5, 5.41) is 0. The summed E-state index contributed by atoms with van der Waals surface area (Å²) < 4.78 is 0. The number of nitrogens with zero attached hydrogens (tertiary/aromatic N) is 1. The fourth-order valence-electron chi connectivity index (χ4n) is 2.48. The molecule has 2 rings (SSSR count). The number of amides is 1. The molecule has 0 heterocycles. The van der Waals surface area contributed by atoms with Crippen molar-refractivity contribution in [3.63, 3.8) is 0 Å². The van der Waals surface area contributed by atoms with Gasteiger partial charge in [0.05, 0.1) is 0 Å². The molecule has 2 nitrogen and oxygen atoms in total. The quantitative estimate of drug-likeness (QED) is 0.732. The molecule has 0 unspecified atom stereocenters. The molecule has 2 heteroatoms. The smallest absolute Gasteiger partial charge is 0.223 e. The van der Waals surface area contributed by atoms with Crippen molar-refractivity contribution in [2.24, 2.45) is 5.41 Å². The van der Waals surface area contributed by atoms with Crippen LogP contribution in [0.25, 0.3) is 0 Å². The number of hydrogen-bond acceptors (Lipinski definition) is 1. The lowest BCUT2D eigenvalue weighted by Gasteiger charge is -2.25. The van der Waals surface area contributed by atoms with Crippen LogP contribution in [0.1, 0.15) is 44.7 Å². The van der Waals surface area contributed by atoms with E-state index >= 15 is 0 Å². The molecule has 0 bridgehead atoms. The fraction of sp³-hybridized carbons (Fsp3) is 0.381. The Morgan fingerprint density at radius 3 is 1.65 bits per heavy atom. The van der Waals surface area contributed by atoms with Gasteiger partial charge in [-0.1, -0.05) is 81.4 Å². The molecule has 0 fully saturated rings.